The van der Waals surface area contributed by atoms with Gasteiger partial charge in [0.1, 0.15) is 5.69 Å². The van der Waals surface area contributed by atoms with Crippen molar-refractivity contribution in [3.63, 3.8) is 0 Å². The summed E-state index contributed by atoms with van der Waals surface area (Å²) in [4.78, 5) is 18.4. The van der Waals surface area contributed by atoms with Gasteiger partial charge in [0.25, 0.3) is 5.91 Å². The van der Waals surface area contributed by atoms with Crippen molar-refractivity contribution in [2.24, 2.45) is 5.92 Å². The molecule has 0 atom stereocenters. The molecule has 0 aliphatic carbocycles. The van der Waals surface area contributed by atoms with Crippen molar-refractivity contribution in [3.8, 4) is 11.4 Å². The van der Waals surface area contributed by atoms with Gasteiger partial charge in [-0.2, -0.15) is 0 Å². The molecule has 1 saturated heterocycles. The SMILES string of the molecule is O=C(c1ccco1)N1CCC(Cn2cc(-c3ccccn3)nn2)CC1. The van der Waals surface area contributed by atoms with Crippen molar-refractivity contribution >= 4 is 5.91 Å². The summed E-state index contributed by atoms with van der Waals surface area (Å²) in [6, 6.07) is 9.19. The molecule has 1 aliphatic heterocycles. The van der Waals surface area contributed by atoms with Gasteiger partial charge in [-0.25, -0.2) is 0 Å². The van der Waals surface area contributed by atoms with Crippen molar-refractivity contribution in [1.82, 2.24) is 24.9 Å². The van der Waals surface area contributed by atoms with E-state index in [1.54, 1.807) is 18.3 Å². The quantitative estimate of drug-likeness (QED) is 0.731. The van der Waals surface area contributed by atoms with E-state index in [0.717, 1.165) is 43.9 Å². The van der Waals surface area contributed by atoms with Crippen LogP contribution >= 0.6 is 0 Å². The molecule has 1 fully saturated rings. The lowest BCUT2D eigenvalue weighted by molar-refractivity contribution is 0.0649. The first-order chi connectivity index (χ1) is 12.3. The number of hydrogen-bond donors (Lipinski definition) is 0. The normalized spacial score (nSPS) is 15.4. The number of carbonyl (C=O) groups excluding carboxylic acids is 1. The van der Waals surface area contributed by atoms with Crippen LogP contribution in [0.4, 0.5) is 0 Å². The Morgan fingerprint density at radius 1 is 1.16 bits per heavy atom. The zero-order valence-electron chi connectivity index (χ0n) is 13.8. The van der Waals surface area contributed by atoms with Gasteiger partial charge in [0, 0.05) is 25.8 Å². The molecule has 25 heavy (non-hydrogen) atoms. The van der Waals surface area contributed by atoms with Crippen LogP contribution in [0.1, 0.15) is 23.4 Å². The monoisotopic (exact) mass is 337 g/mol. The molecule has 0 saturated carbocycles. The second-order valence-electron chi connectivity index (χ2n) is 6.25. The Kier molecular flexibility index (Phi) is 4.28. The number of nitrogens with zero attached hydrogens (tertiary/aromatic N) is 5. The summed E-state index contributed by atoms with van der Waals surface area (Å²) in [7, 11) is 0. The van der Waals surface area contributed by atoms with E-state index in [1.165, 1.54) is 6.26 Å². The van der Waals surface area contributed by atoms with Gasteiger partial charge >= 0.3 is 0 Å². The van der Waals surface area contributed by atoms with Crippen molar-refractivity contribution < 1.29 is 9.21 Å². The predicted octanol–water partition coefficient (Wildman–Crippen LogP) is 2.49. The van der Waals surface area contributed by atoms with E-state index in [-0.39, 0.29) is 5.91 Å². The van der Waals surface area contributed by atoms with Crippen LogP contribution in [0, 0.1) is 5.92 Å². The first-order valence-corrected chi connectivity index (χ1v) is 8.44. The van der Waals surface area contributed by atoms with Crippen LogP contribution in [0.2, 0.25) is 0 Å². The highest BCUT2D eigenvalue weighted by atomic mass is 16.3. The number of furan rings is 1. The first-order valence-electron chi connectivity index (χ1n) is 8.44. The highest BCUT2D eigenvalue weighted by molar-refractivity contribution is 5.91. The van der Waals surface area contributed by atoms with E-state index >= 15 is 0 Å². The Bertz CT molecular complexity index is 820. The van der Waals surface area contributed by atoms with Gasteiger partial charge < -0.3 is 9.32 Å². The van der Waals surface area contributed by atoms with Crippen LogP contribution in [-0.2, 0) is 6.54 Å². The second kappa shape index (κ2) is 6.88. The van der Waals surface area contributed by atoms with Crippen LogP contribution < -0.4 is 0 Å². The van der Waals surface area contributed by atoms with Gasteiger partial charge in [-0.1, -0.05) is 11.3 Å². The molecule has 1 aliphatic rings. The fourth-order valence-electron chi connectivity index (χ4n) is 3.16. The summed E-state index contributed by atoms with van der Waals surface area (Å²) in [5.74, 6) is 0.871. The molecule has 0 unspecified atom stereocenters. The van der Waals surface area contributed by atoms with Gasteiger partial charge in [0.2, 0.25) is 0 Å². The smallest absolute Gasteiger partial charge is 0.289 e. The summed E-state index contributed by atoms with van der Waals surface area (Å²) in [5, 5.41) is 8.41. The molecular formula is C18H19N5O2. The Labute approximate surface area is 145 Å². The van der Waals surface area contributed by atoms with Gasteiger partial charge in [-0.3, -0.25) is 14.5 Å². The maximum atomic E-state index is 12.3. The van der Waals surface area contributed by atoms with Crippen molar-refractivity contribution in [3.05, 3.63) is 54.7 Å². The van der Waals surface area contributed by atoms with Crippen LogP contribution in [0.15, 0.2) is 53.4 Å². The molecule has 0 spiro atoms. The zero-order chi connectivity index (χ0) is 17.1. The largest absolute Gasteiger partial charge is 0.459 e. The van der Waals surface area contributed by atoms with E-state index in [2.05, 4.69) is 15.3 Å². The lowest BCUT2D eigenvalue weighted by Gasteiger charge is -2.31. The Balaban J connectivity index is 1.33. The van der Waals surface area contributed by atoms with Crippen LogP contribution in [0.5, 0.6) is 0 Å². The number of pyridine rings is 1. The van der Waals surface area contributed by atoms with E-state index < -0.39 is 0 Å². The molecule has 7 nitrogen and oxygen atoms in total. The predicted molar refractivity (Wildman–Crippen MR) is 90.6 cm³/mol. The molecule has 0 bridgehead atoms. The zero-order valence-corrected chi connectivity index (χ0v) is 13.8. The molecule has 0 N–H and O–H groups in total. The summed E-state index contributed by atoms with van der Waals surface area (Å²) in [5.41, 5.74) is 1.61. The van der Waals surface area contributed by atoms with Crippen molar-refractivity contribution in [1.29, 1.82) is 0 Å². The van der Waals surface area contributed by atoms with E-state index in [9.17, 15) is 4.79 Å². The minimum Gasteiger partial charge on any atom is -0.459 e. The topological polar surface area (TPSA) is 77.0 Å². The number of likely N-dealkylation sites (tertiary alicyclic amines) is 1. The summed E-state index contributed by atoms with van der Waals surface area (Å²) in [6.45, 7) is 2.29. The number of aromatic nitrogens is 4. The van der Waals surface area contributed by atoms with Crippen molar-refractivity contribution in [2.75, 3.05) is 13.1 Å². The van der Waals surface area contributed by atoms with E-state index in [0.29, 0.717) is 11.7 Å². The molecule has 4 heterocycles. The lowest BCUT2D eigenvalue weighted by atomic mass is 9.96. The molecule has 3 aromatic heterocycles. The maximum Gasteiger partial charge on any atom is 0.289 e. The first kappa shape index (κ1) is 15.6. The second-order valence-corrected chi connectivity index (χ2v) is 6.25. The van der Waals surface area contributed by atoms with Gasteiger partial charge in [0.05, 0.1) is 18.2 Å². The average molecular weight is 337 g/mol. The van der Waals surface area contributed by atoms with Gasteiger partial charge in [0.15, 0.2) is 5.76 Å². The Morgan fingerprint density at radius 2 is 2.04 bits per heavy atom. The van der Waals surface area contributed by atoms with Crippen LogP contribution in [-0.4, -0.2) is 43.9 Å². The lowest BCUT2D eigenvalue weighted by Crippen LogP contribution is -2.39. The molecule has 3 aromatic rings. The number of amides is 1. The Hall–Kier alpha value is -2.96. The van der Waals surface area contributed by atoms with Gasteiger partial charge in [-0.05, 0) is 43.0 Å². The molecule has 7 heteroatoms. The molecule has 4 rings (SSSR count). The number of rotatable bonds is 4. The van der Waals surface area contributed by atoms with Crippen LogP contribution in [0.3, 0.4) is 0 Å². The molecule has 0 radical (unpaired) electrons. The minimum atomic E-state index is -0.0263. The molecule has 128 valence electrons. The summed E-state index contributed by atoms with van der Waals surface area (Å²) in [6.07, 6.45) is 7.11. The number of piperidine rings is 1. The highest BCUT2D eigenvalue weighted by Crippen LogP contribution is 2.21. The third-order valence-corrected chi connectivity index (χ3v) is 4.54. The van der Waals surface area contributed by atoms with E-state index in [1.807, 2.05) is 34.0 Å². The highest BCUT2D eigenvalue weighted by Gasteiger charge is 2.25. The number of carbonyl (C=O) groups is 1. The standard InChI is InChI=1S/C18H19N5O2/c24-18(17-5-3-11-25-17)22-9-6-14(7-10-22)12-23-13-16(20-21-23)15-4-1-2-8-19-15/h1-5,8,11,13-14H,6-7,9-10,12H2. The fraction of sp³-hybridized carbons (Fsp3) is 0.333. The summed E-state index contributed by atoms with van der Waals surface area (Å²) < 4.78 is 7.07. The minimum absolute atomic E-state index is 0.0263. The molecule has 1 amide bonds. The van der Waals surface area contributed by atoms with Gasteiger partial charge in [-0.15, -0.1) is 5.10 Å². The third kappa shape index (κ3) is 3.45. The third-order valence-electron chi connectivity index (χ3n) is 4.54. The Morgan fingerprint density at radius 3 is 2.76 bits per heavy atom. The molecule has 0 aromatic carbocycles. The maximum absolute atomic E-state index is 12.3. The molecular weight excluding hydrogens is 318 g/mol. The fourth-order valence-corrected chi connectivity index (χ4v) is 3.16. The average Bonchev–Trinajstić information content (AvgIpc) is 3.35. The van der Waals surface area contributed by atoms with Crippen molar-refractivity contribution in [2.45, 2.75) is 19.4 Å². The van der Waals surface area contributed by atoms with Crippen LogP contribution in [0.25, 0.3) is 11.4 Å². The number of hydrogen-bond acceptors (Lipinski definition) is 5. The van der Waals surface area contributed by atoms with E-state index in [4.69, 9.17) is 4.42 Å². The summed E-state index contributed by atoms with van der Waals surface area (Å²) >= 11 is 0.